The molecular formula is C12H14NO7-. The van der Waals surface area contributed by atoms with Gasteiger partial charge in [-0.3, -0.25) is 14.8 Å². The average Bonchev–Trinajstić information content (AvgIpc) is 2.36. The van der Waals surface area contributed by atoms with E-state index in [-0.39, 0.29) is 11.4 Å². The lowest BCUT2D eigenvalue weighted by Crippen LogP contribution is -2.13. The minimum absolute atomic E-state index is 0.0932. The van der Waals surface area contributed by atoms with E-state index >= 15 is 0 Å². The predicted molar refractivity (Wildman–Crippen MR) is 67.9 cm³/mol. The van der Waals surface area contributed by atoms with Gasteiger partial charge < -0.3 is 25.4 Å². The number of anilines is 1. The normalized spacial score (nSPS) is 10.4. The Morgan fingerprint density at radius 1 is 1.30 bits per heavy atom. The number of nitrogens with zero attached hydrogens (tertiary/aromatic N) is 1. The number of carbonyl (C=O) groups is 2. The molecule has 0 aliphatic carbocycles. The van der Waals surface area contributed by atoms with Crippen LogP contribution in [0.1, 0.15) is 24.3 Å². The topological polar surface area (TPSA) is 130 Å². The van der Waals surface area contributed by atoms with Crippen molar-refractivity contribution in [1.29, 1.82) is 0 Å². The maximum absolute atomic E-state index is 11.0. The summed E-state index contributed by atoms with van der Waals surface area (Å²) in [5, 5.41) is 37.2. The molecule has 0 amide bonds. The Morgan fingerprint density at radius 2 is 1.85 bits per heavy atom. The number of hydrogen-bond acceptors (Lipinski definition) is 6. The number of hydrogen-bond donors (Lipinski definition) is 3. The molecule has 0 heterocycles. The number of aliphatic carboxylic acids is 2. The maximum atomic E-state index is 11.0. The Hall–Kier alpha value is -2.32. The van der Waals surface area contributed by atoms with Crippen molar-refractivity contribution in [2.75, 3.05) is 12.3 Å². The van der Waals surface area contributed by atoms with E-state index in [1.54, 1.807) is 0 Å². The monoisotopic (exact) mass is 284 g/mol. The molecule has 0 bridgehead atoms. The van der Waals surface area contributed by atoms with E-state index < -0.39 is 35.9 Å². The Kier molecular flexibility index (Phi) is 5.30. The molecule has 8 nitrogen and oxygen atoms in total. The third-order valence-corrected chi connectivity index (χ3v) is 2.72. The molecule has 0 aromatic heterocycles. The summed E-state index contributed by atoms with van der Waals surface area (Å²) in [7, 11) is 1.30. The molecule has 0 saturated heterocycles. The number of carboxylic acids is 2. The van der Waals surface area contributed by atoms with Gasteiger partial charge in [0.25, 0.3) is 0 Å². The smallest absolute Gasteiger partial charge is 0.303 e. The Morgan fingerprint density at radius 3 is 2.25 bits per heavy atom. The van der Waals surface area contributed by atoms with Crippen LogP contribution < -0.4 is 9.96 Å². The van der Waals surface area contributed by atoms with Crippen molar-refractivity contribution < 1.29 is 29.7 Å². The number of carboxylic acid groups (broad SMARTS) is 2. The first kappa shape index (κ1) is 15.7. The molecule has 0 radical (unpaired) electrons. The van der Waals surface area contributed by atoms with Crippen LogP contribution in [-0.2, 0) is 9.59 Å². The largest absolute Gasteiger partial charge is 0.733 e. The summed E-state index contributed by atoms with van der Waals surface area (Å²) in [5.74, 6) is -3.03. The van der Waals surface area contributed by atoms with E-state index in [4.69, 9.17) is 20.2 Å². The SMILES string of the molecule is COc1ccc(C(CC(=O)O)CC(=O)O)cc1N([O-])O. The van der Waals surface area contributed by atoms with Crippen LogP contribution in [0.2, 0.25) is 0 Å². The van der Waals surface area contributed by atoms with Crippen molar-refractivity contribution >= 4 is 17.6 Å². The lowest BCUT2D eigenvalue weighted by atomic mass is 9.92. The van der Waals surface area contributed by atoms with E-state index in [9.17, 15) is 14.8 Å². The highest BCUT2D eigenvalue weighted by Gasteiger charge is 2.20. The fraction of sp³-hybridized carbons (Fsp3) is 0.333. The van der Waals surface area contributed by atoms with Crippen molar-refractivity contribution in [2.45, 2.75) is 18.8 Å². The van der Waals surface area contributed by atoms with E-state index in [1.807, 2.05) is 0 Å². The Labute approximate surface area is 114 Å². The minimum atomic E-state index is -1.16. The van der Waals surface area contributed by atoms with Crippen molar-refractivity contribution in [1.82, 2.24) is 0 Å². The van der Waals surface area contributed by atoms with E-state index in [2.05, 4.69) is 0 Å². The van der Waals surface area contributed by atoms with Crippen molar-refractivity contribution in [3.63, 3.8) is 0 Å². The molecule has 0 aliphatic rings. The zero-order valence-electron chi connectivity index (χ0n) is 10.6. The second-order valence-electron chi connectivity index (χ2n) is 4.10. The van der Waals surface area contributed by atoms with Gasteiger partial charge in [0.1, 0.15) is 5.75 Å². The second-order valence-corrected chi connectivity index (χ2v) is 4.10. The van der Waals surface area contributed by atoms with Crippen LogP contribution in [0.15, 0.2) is 18.2 Å². The lowest BCUT2D eigenvalue weighted by Gasteiger charge is -2.25. The van der Waals surface area contributed by atoms with Gasteiger partial charge in [-0.1, -0.05) is 6.07 Å². The van der Waals surface area contributed by atoms with Gasteiger partial charge >= 0.3 is 11.9 Å². The Balaban J connectivity index is 3.15. The molecule has 0 spiro atoms. The third-order valence-electron chi connectivity index (χ3n) is 2.72. The molecule has 1 rings (SSSR count). The molecule has 20 heavy (non-hydrogen) atoms. The van der Waals surface area contributed by atoms with Crippen molar-refractivity contribution in [3.05, 3.63) is 29.0 Å². The summed E-state index contributed by atoms with van der Waals surface area (Å²) in [5.41, 5.74) is 0.103. The molecule has 110 valence electrons. The molecule has 3 N–H and O–H groups in total. The number of rotatable bonds is 7. The van der Waals surface area contributed by atoms with Gasteiger partial charge in [-0.25, -0.2) is 0 Å². The van der Waals surface area contributed by atoms with E-state index in [0.29, 0.717) is 5.56 Å². The molecule has 0 saturated carbocycles. The van der Waals surface area contributed by atoms with E-state index in [1.165, 1.54) is 25.3 Å². The fourth-order valence-electron chi connectivity index (χ4n) is 1.84. The zero-order valence-corrected chi connectivity index (χ0v) is 10.6. The summed E-state index contributed by atoms with van der Waals surface area (Å²) in [6.07, 6.45) is -0.801. The first-order chi connectivity index (χ1) is 9.35. The van der Waals surface area contributed by atoms with Gasteiger partial charge in [0.15, 0.2) is 0 Å². The van der Waals surface area contributed by atoms with Gasteiger partial charge in [-0.05, 0) is 17.7 Å². The highest BCUT2D eigenvalue weighted by atomic mass is 16.8. The molecule has 0 aliphatic heterocycles. The van der Waals surface area contributed by atoms with Gasteiger partial charge in [-0.2, -0.15) is 0 Å². The molecule has 0 fully saturated rings. The summed E-state index contributed by atoms with van der Waals surface area (Å²) in [6, 6.07) is 4.03. The third kappa shape index (κ3) is 4.11. The molecule has 1 aromatic rings. The zero-order chi connectivity index (χ0) is 15.3. The van der Waals surface area contributed by atoms with Gasteiger partial charge in [0, 0.05) is 5.92 Å². The summed E-state index contributed by atoms with van der Waals surface area (Å²) in [4.78, 5) is 21.5. The van der Waals surface area contributed by atoms with Crippen LogP contribution in [0.3, 0.4) is 0 Å². The highest BCUT2D eigenvalue weighted by molar-refractivity contribution is 5.73. The first-order valence-electron chi connectivity index (χ1n) is 5.62. The van der Waals surface area contributed by atoms with Crippen molar-refractivity contribution in [3.8, 4) is 5.75 Å². The summed E-state index contributed by atoms with van der Waals surface area (Å²) < 4.78 is 4.87. The summed E-state index contributed by atoms with van der Waals surface area (Å²) >= 11 is 0. The van der Waals surface area contributed by atoms with Crippen LogP contribution in [0.5, 0.6) is 5.75 Å². The van der Waals surface area contributed by atoms with Crippen LogP contribution in [0, 0.1) is 5.21 Å². The second kappa shape index (κ2) is 6.73. The molecule has 0 atom stereocenters. The van der Waals surface area contributed by atoms with Crippen LogP contribution in [-0.4, -0.2) is 34.5 Å². The number of ether oxygens (including phenoxy) is 1. The van der Waals surface area contributed by atoms with E-state index in [0.717, 1.165) is 0 Å². The van der Waals surface area contributed by atoms with Gasteiger partial charge in [0.2, 0.25) is 0 Å². The fourth-order valence-corrected chi connectivity index (χ4v) is 1.84. The maximum Gasteiger partial charge on any atom is 0.303 e. The minimum Gasteiger partial charge on any atom is -0.733 e. The molecular weight excluding hydrogens is 270 g/mol. The molecule has 1 aromatic carbocycles. The van der Waals surface area contributed by atoms with Crippen LogP contribution >= 0.6 is 0 Å². The summed E-state index contributed by atoms with van der Waals surface area (Å²) in [6.45, 7) is 0. The predicted octanol–water partition coefficient (Wildman–Crippen LogP) is 1.42. The average molecular weight is 284 g/mol. The van der Waals surface area contributed by atoms with Crippen LogP contribution in [0.25, 0.3) is 0 Å². The molecule has 8 heteroatoms. The standard InChI is InChI=1S/C12H14NO7/c1-20-10-3-2-7(4-9(10)13(18)19)8(5-11(14)15)6-12(16)17/h2-4,8,18H,5-6H2,1H3,(H,14,15)(H,16,17)/q-1. The highest BCUT2D eigenvalue weighted by Crippen LogP contribution is 2.33. The van der Waals surface area contributed by atoms with Gasteiger partial charge in [0.05, 0.1) is 25.6 Å². The number of benzene rings is 1. The quantitative estimate of drug-likeness (QED) is 0.641. The van der Waals surface area contributed by atoms with Crippen molar-refractivity contribution in [2.24, 2.45) is 0 Å². The lowest BCUT2D eigenvalue weighted by molar-refractivity contribution is -0.139. The first-order valence-corrected chi connectivity index (χ1v) is 5.62. The molecule has 0 unspecified atom stereocenters. The van der Waals surface area contributed by atoms with Gasteiger partial charge in [-0.15, -0.1) is 0 Å². The Bertz CT molecular complexity index is 485. The number of methoxy groups -OCH3 is 1. The van der Waals surface area contributed by atoms with Crippen LogP contribution in [0.4, 0.5) is 5.69 Å².